The van der Waals surface area contributed by atoms with E-state index in [0.29, 0.717) is 60.0 Å². The van der Waals surface area contributed by atoms with Crippen LogP contribution in [0.5, 0.6) is 11.5 Å². The van der Waals surface area contributed by atoms with E-state index in [4.69, 9.17) is 13.9 Å². The highest BCUT2D eigenvalue weighted by Gasteiger charge is 2.62. The maximum absolute atomic E-state index is 15.5. The Balaban J connectivity index is 1.43. The van der Waals surface area contributed by atoms with Gasteiger partial charge in [0.25, 0.3) is 15.9 Å². The maximum atomic E-state index is 15.5. The zero-order valence-electron chi connectivity index (χ0n) is 28.4. The molecule has 13 heteroatoms. The number of nitriles is 1. The molecule has 0 radical (unpaired) electrons. The number of rotatable bonds is 10. The Morgan fingerprint density at radius 1 is 0.960 bits per heavy atom. The molecule has 1 aromatic heterocycles. The summed E-state index contributed by atoms with van der Waals surface area (Å²) in [5, 5.41) is 10.1. The van der Waals surface area contributed by atoms with Crippen LogP contribution in [0.2, 0.25) is 0 Å². The van der Waals surface area contributed by atoms with Crippen molar-refractivity contribution in [2.75, 3.05) is 57.8 Å². The van der Waals surface area contributed by atoms with Crippen LogP contribution in [0.15, 0.2) is 82.4 Å². The predicted molar refractivity (Wildman–Crippen MR) is 185 cm³/mol. The number of hydrogen-bond acceptors (Lipinski definition) is 11. The summed E-state index contributed by atoms with van der Waals surface area (Å²) in [6.07, 6.45) is 4.38. The summed E-state index contributed by atoms with van der Waals surface area (Å²) in [6, 6.07) is 18.2. The van der Waals surface area contributed by atoms with Crippen LogP contribution < -0.4 is 13.8 Å². The molecule has 2 atom stereocenters. The topological polar surface area (TPSA) is 132 Å². The molecule has 260 valence electrons. The molecule has 0 N–H and O–H groups in total. The molecular weight excluding hydrogens is 657 g/mol. The van der Waals surface area contributed by atoms with Crippen molar-refractivity contribution < 1.29 is 27.1 Å². The molecule has 0 aliphatic carbocycles. The van der Waals surface area contributed by atoms with Crippen LogP contribution in [0, 0.1) is 11.3 Å². The smallest absolute Gasteiger partial charge is 0.271 e. The van der Waals surface area contributed by atoms with Crippen LogP contribution in [0.4, 0.5) is 5.69 Å². The Hall–Kier alpha value is -4.74. The third kappa shape index (κ3) is 5.52. The fourth-order valence-corrected chi connectivity index (χ4v) is 9.17. The van der Waals surface area contributed by atoms with Gasteiger partial charge in [0.15, 0.2) is 5.54 Å². The van der Waals surface area contributed by atoms with E-state index in [1.54, 1.807) is 37.6 Å². The van der Waals surface area contributed by atoms with Gasteiger partial charge in [0.05, 0.1) is 48.7 Å². The highest BCUT2D eigenvalue weighted by atomic mass is 32.2. The molecule has 3 aromatic carbocycles. The quantitative estimate of drug-likeness (QED) is 0.232. The van der Waals surface area contributed by atoms with Gasteiger partial charge in [0, 0.05) is 50.4 Å². The molecule has 2 saturated heterocycles. The number of sulfonamides is 1. The molecule has 0 bridgehead atoms. The van der Waals surface area contributed by atoms with Crippen molar-refractivity contribution >= 4 is 21.6 Å². The fraction of sp³-hybridized carbons (Fsp3) is 0.378. The minimum atomic E-state index is -4.45. The van der Waals surface area contributed by atoms with Gasteiger partial charge in [0.1, 0.15) is 17.8 Å². The molecule has 1 unspecified atom stereocenters. The van der Waals surface area contributed by atoms with Crippen molar-refractivity contribution in [1.29, 1.82) is 5.26 Å². The summed E-state index contributed by atoms with van der Waals surface area (Å²) in [5.41, 5.74) is 0.607. The van der Waals surface area contributed by atoms with Crippen LogP contribution >= 0.6 is 0 Å². The second kappa shape index (κ2) is 13.5. The minimum Gasteiger partial charge on any atom is -0.497 e. The number of anilines is 1. The average Bonchev–Trinajstić information content (AvgIpc) is 3.91. The highest BCUT2D eigenvalue weighted by molar-refractivity contribution is 7.93. The largest absolute Gasteiger partial charge is 0.497 e. The molecule has 3 aliphatic heterocycles. The molecule has 1 amide bonds. The van der Waals surface area contributed by atoms with E-state index in [1.807, 2.05) is 23.1 Å². The minimum absolute atomic E-state index is 0.0751. The summed E-state index contributed by atoms with van der Waals surface area (Å²) >= 11 is 0. The number of nitrogens with zero attached hydrogens (tertiary/aromatic N) is 6. The molecule has 7 rings (SSSR count). The first-order valence-electron chi connectivity index (χ1n) is 16.8. The van der Waals surface area contributed by atoms with Crippen LogP contribution in [0.25, 0.3) is 0 Å². The van der Waals surface area contributed by atoms with Gasteiger partial charge in [0.2, 0.25) is 5.89 Å². The van der Waals surface area contributed by atoms with E-state index in [1.165, 1.54) is 31.6 Å². The first-order chi connectivity index (χ1) is 24.3. The number of methoxy groups -OCH3 is 2. The number of carbonyl (C=O) groups excluding carboxylic acids is 1. The van der Waals surface area contributed by atoms with Crippen molar-refractivity contribution in [2.24, 2.45) is 0 Å². The van der Waals surface area contributed by atoms with Gasteiger partial charge < -0.3 is 18.8 Å². The number of likely N-dealkylation sites (tertiary alicyclic amines) is 1. The molecule has 0 saturated carbocycles. The van der Waals surface area contributed by atoms with Crippen LogP contribution in [-0.4, -0.2) is 87.5 Å². The van der Waals surface area contributed by atoms with E-state index in [-0.39, 0.29) is 10.6 Å². The number of hydrogen-bond donors (Lipinski definition) is 0. The van der Waals surface area contributed by atoms with Gasteiger partial charge in [-0.2, -0.15) is 5.26 Å². The fourth-order valence-electron chi connectivity index (χ4n) is 7.71. The van der Waals surface area contributed by atoms with E-state index < -0.39 is 27.5 Å². The second-order valence-electron chi connectivity index (χ2n) is 12.8. The van der Waals surface area contributed by atoms with Gasteiger partial charge in [-0.15, -0.1) is 0 Å². The third-order valence-corrected chi connectivity index (χ3v) is 11.9. The van der Waals surface area contributed by atoms with Crippen LogP contribution in [0.1, 0.15) is 54.0 Å². The summed E-state index contributed by atoms with van der Waals surface area (Å²) < 4.78 is 47.2. The van der Waals surface area contributed by atoms with Crippen molar-refractivity contribution in [1.82, 2.24) is 19.7 Å². The van der Waals surface area contributed by atoms with Gasteiger partial charge in [-0.3, -0.25) is 14.6 Å². The van der Waals surface area contributed by atoms with Crippen molar-refractivity contribution in [3.8, 4) is 17.6 Å². The van der Waals surface area contributed by atoms with Crippen LogP contribution in [0.3, 0.4) is 0 Å². The molecule has 4 aromatic rings. The number of piperazine rings is 1. The van der Waals surface area contributed by atoms with E-state index in [0.717, 1.165) is 42.6 Å². The average molecular weight is 697 g/mol. The Morgan fingerprint density at radius 2 is 1.72 bits per heavy atom. The Bertz CT molecular complexity index is 2020. The zero-order chi connectivity index (χ0) is 35.0. The van der Waals surface area contributed by atoms with Gasteiger partial charge in [-0.05, 0) is 73.5 Å². The zero-order valence-corrected chi connectivity index (χ0v) is 29.2. The van der Waals surface area contributed by atoms with E-state index in [9.17, 15) is 13.7 Å². The number of benzene rings is 3. The van der Waals surface area contributed by atoms with Gasteiger partial charge in [-0.1, -0.05) is 19.1 Å². The number of fused-ring (bicyclic) bond motifs is 1. The summed E-state index contributed by atoms with van der Waals surface area (Å²) in [5.74, 6) is 0.649. The van der Waals surface area contributed by atoms with Gasteiger partial charge in [-0.25, -0.2) is 17.7 Å². The monoisotopic (exact) mass is 696 g/mol. The molecule has 4 heterocycles. The van der Waals surface area contributed by atoms with Crippen molar-refractivity contribution in [2.45, 2.75) is 42.8 Å². The Labute approximate surface area is 292 Å². The Kier molecular flexibility index (Phi) is 9.13. The molecule has 50 heavy (non-hydrogen) atoms. The van der Waals surface area contributed by atoms with Gasteiger partial charge >= 0.3 is 0 Å². The lowest BCUT2D eigenvalue weighted by Crippen LogP contribution is -2.54. The molecule has 0 spiro atoms. The first kappa shape index (κ1) is 33.7. The lowest BCUT2D eigenvalue weighted by Gasteiger charge is -2.41. The van der Waals surface area contributed by atoms with Crippen LogP contribution in [-0.2, 0) is 26.9 Å². The standard InChI is InChI=1S/C37H40N6O6S/c1-4-40-17-19-41(20-18-40)25-27-7-13-30(34(23-27)48-3)37(42-16-5-6-33(42)35-39-15-21-49-35)31-22-26(24-38)8-14-32(31)43(36(37)44)50(45,46)29-11-9-28(47-2)10-12-29/h7-15,21-23,33H,4-6,16-20,25H2,1-3H3/t33-,37?/m0/s1. The summed E-state index contributed by atoms with van der Waals surface area (Å²) in [6.45, 7) is 8.20. The normalized spacial score (nSPS) is 21.7. The SMILES string of the molecule is CCN1CCN(Cc2ccc(C3(N4CCC[C@H]4c4ncco4)C(=O)N(S(=O)(=O)c4ccc(OC)cc4)c4ccc(C#N)cc43)c(OC)c2)CC1. The Morgan fingerprint density at radius 3 is 2.38 bits per heavy atom. The lowest BCUT2D eigenvalue weighted by molar-refractivity contribution is -0.127. The number of carbonyl (C=O) groups is 1. The molecule has 12 nitrogen and oxygen atoms in total. The van der Waals surface area contributed by atoms with E-state index in [2.05, 4.69) is 27.8 Å². The van der Waals surface area contributed by atoms with Crippen molar-refractivity contribution in [3.05, 3.63) is 101 Å². The molecular formula is C37H40N6O6S. The number of oxazole rings is 1. The lowest BCUT2D eigenvalue weighted by atomic mass is 9.80. The number of aromatic nitrogens is 1. The molecule has 2 fully saturated rings. The maximum Gasteiger partial charge on any atom is 0.271 e. The summed E-state index contributed by atoms with van der Waals surface area (Å²) in [7, 11) is -1.40. The number of ether oxygens (including phenoxy) is 2. The first-order valence-corrected chi connectivity index (χ1v) is 18.3. The second-order valence-corrected chi connectivity index (χ2v) is 14.6. The molecule has 3 aliphatic rings. The summed E-state index contributed by atoms with van der Waals surface area (Å²) in [4.78, 5) is 26.7. The third-order valence-electron chi connectivity index (χ3n) is 10.2. The highest BCUT2D eigenvalue weighted by Crippen LogP contribution is 2.56. The van der Waals surface area contributed by atoms with E-state index >= 15 is 4.79 Å². The number of likely N-dealkylation sites (N-methyl/N-ethyl adjacent to an activating group) is 1. The predicted octanol–water partition coefficient (Wildman–Crippen LogP) is 4.52. The number of amides is 1. The van der Waals surface area contributed by atoms with Crippen molar-refractivity contribution in [3.63, 3.8) is 0 Å².